The van der Waals surface area contributed by atoms with Crippen LogP contribution in [0.3, 0.4) is 0 Å². The van der Waals surface area contributed by atoms with Gasteiger partial charge in [-0.2, -0.15) is 13.6 Å². The average Bonchev–Trinajstić information content (AvgIpc) is 2.78. The molecule has 29 heavy (non-hydrogen) atoms. The lowest BCUT2D eigenvalue weighted by molar-refractivity contribution is -0.0541. The van der Waals surface area contributed by atoms with Gasteiger partial charge in [0.15, 0.2) is 6.23 Å². The van der Waals surface area contributed by atoms with Crippen molar-refractivity contribution >= 4 is 29.3 Å². The van der Waals surface area contributed by atoms with Crippen LogP contribution in [0.4, 0.5) is 5.82 Å². The molecule has 0 bridgehead atoms. The minimum Gasteiger partial charge on any atom is -0.387 e. The molecule has 2 heterocycles. The van der Waals surface area contributed by atoms with Gasteiger partial charge in [0.05, 0.1) is 6.61 Å². The van der Waals surface area contributed by atoms with Crippen LogP contribution in [0.1, 0.15) is 6.23 Å². The highest BCUT2D eigenvalue weighted by Gasteiger charge is 2.46. The summed E-state index contributed by atoms with van der Waals surface area (Å²) in [5.74, 6) is -0.122. The Hall–Kier alpha value is -1.03. The summed E-state index contributed by atoms with van der Waals surface area (Å²) in [6, 6.07) is 1.20. The molecule has 6 atom stereocenters. The zero-order valence-corrected chi connectivity index (χ0v) is 16.6. The number of aliphatic hydroxyl groups is 2. The summed E-state index contributed by atoms with van der Waals surface area (Å²) in [7, 11) is -16.7. The molecule has 1 fully saturated rings. The van der Waals surface area contributed by atoms with E-state index in [1.165, 1.54) is 6.07 Å². The van der Waals surface area contributed by atoms with Crippen molar-refractivity contribution in [2.24, 2.45) is 0 Å². The molecule has 0 spiro atoms. The molecule has 1 aliphatic heterocycles. The van der Waals surface area contributed by atoms with Gasteiger partial charge in [0.2, 0.25) is 0 Å². The molecule has 0 aromatic carbocycles. The molecule has 1 aromatic heterocycles. The molecule has 0 aliphatic carbocycles. The van der Waals surface area contributed by atoms with E-state index < -0.39 is 60.3 Å². The van der Waals surface area contributed by atoms with Crippen LogP contribution < -0.4 is 11.4 Å². The fourth-order valence-corrected chi connectivity index (χ4v) is 5.22. The monoisotopic (exact) mass is 483 g/mol. The Morgan fingerprint density at radius 3 is 2.28 bits per heavy atom. The van der Waals surface area contributed by atoms with E-state index in [-0.39, 0.29) is 5.82 Å². The van der Waals surface area contributed by atoms with E-state index in [2.05, 4.69) is 18.1 Å². The van der Waals surface area contributed by atoms with Gasteiger partial charge in [-0.3, -0.25) is 9.09 Å². The highest BCUT2D eigenvalue weighted by atomic mass is 31.3. The number of aliphatic hydroxyl groups excluding tert-OH is 2. The quantitative estimate of drug-likeness (QED) is 0.193. The van der Waals surface area contributed by atoms with E-state index in [1.54, 1.807) is 0 Å². The van der Waals surface area contributed by atoms with Gasteiger partial charge < -0.3 is 40.3 Å². The second-order valence-corrected chi connectivity index (χ2v) is 9.90. The summed E-state index contributed by atoms with van der Waals surface area (Å²) >= 11 is 0. The number of aromatic nitrogens is 2. The SMILES string of the molecule is Nc1ccn([C@@H]2OC(COP(=O)(O)OP(=O)(O)OP(=O)(O)O)[C@H](O)C2O)c(=O)n1. The molecule has 0 radical (unpaired) electrons. The third kappa shape index (κ3) is 6.73. The van der Waals surface area contributed by atoms with Gasteiger partial charge in [-0.25, -0.2) is 18.5 Å². The lowest BCUT2D eigenvalue weighted by Gasteiger charge is -2.19. The molecule has 166 valence electrons. The number of hydrogen-bond acceptors (Lipinski definition) is 12. The van der Waals surface area contributed by atoms with Crippen molar-refractivity contribution in [1.82, 2.24) is 9.55 Å². The molecule has 1 aromatic rings. The number of phosphoric ester groups is 1. The van der Waals surface area contributed by atoms with Gasteiger partial charge in [0.25, 0.3) is 0 Å². The Balaban J connectivity index is 2.05. The Bertz CT molecular complexity index is 946. The molecule has 2 rings (SSSR count). The van der Waals surface area contributed by atoms with E-state index in [9.17, 15) is 33.6 Å². The number of nitrogens with two attached hydrogens (primary N) is 1. The molecular formula is C9H16N3O14P3. The Morgan fingerprint density at radius 2 is 1.72 bits per heavy atom. The van der Waals surface area contributed by atoms with Crippen LogP contribution in [0, 0.1) is 0 Å². The molecule has 4 unspecified atom stereocenters. The molecule has 17 nitrogen and oxygen atoms in total. The predicted octanol–water partition coefficient (Wildman–Crippen LogP) is -2.21. The van der Waals surface area contributed by atoms with Crippen molar-refractivity contribution in [2.75, 3.05) is 12.3 Å². The highest BCUT2D eigenvalue weighted by molar-refractivity contribution is 7.66. The van der Waals surface area contributed by atoms with E-state index in [0.717, 1.165) is 10.8 Å². The largest absolute Gasteiger partial charge is 0.490 e. The minimum atomic E-state index is -5.71. The maximum absolute atomic E-state index is 11.8. The van der Waals surface area contributed by atoms with Gasteiger partial charge in [0, 0.05) is 6.20 Å². The van der Waals surface area contributed by atoms with Gasteiger partial charge in [-0.15, -0.1) is 0 Å². The maximum atomic E-state index is 11.8. The van der Waals surface area contributed by atoms with Crippen molar-refractivity contribution in [3.63, 3.8) is 0 Å². The van der Waals surface area contributed by atoms with Gasteiger partial charge in [0.1, 0.15) is 24.1 Å². The molecule has 20 heteroatoms. The average molecular weight is 483 g/mol. The molecule has 1 aliphatic rings. The first-order chi connectivity index (χ1) is 13.1. The summed E-state index contributed by atoms with van der Waals surface area (Å²) < 4.78 is 50.8. The second-order valence-electron chi connectivity index (χ2n) is 5.48. The zero-order valence-electron chi connectivity index (χ0n) is 13.9. The first kappa shape index (κ1) is 24.2. The highest BCUT2D eigenvalue weighted by Crippen LogP contribution is 2.66. The molecular weight excluding hydrogens is 467 g/mol. The summed E-state index contributed by atoms with van der Waals surface area (Å²) in [6.45, 7) is -1.02. The van der Waals surface area contributed by atoms with Gasteiger partial charge >= 0.3 is 29.2 Å². The Morgan fingerprint density at radius 1 is 1.10 bits per heavy atom. The predicted molar refractivity (Wildman–Crippen MR) is 88.6 cm³/mol. The van der Waals surface area contributed by atoms with Crippen LogP contribution in [-0.2, 0) is 31.6 Å². The van der Waals surface area contributed by atoms with Crippen molar-refractivity contribution < 1.29 is 61.4 Å². The number of anilines is 1. The number of nitrogens with zero attached hydrogens (tertiary/aromatic N) is 2. The van der Waals surface area contributed by atoms with Crippen molar-refractivity contribution in [2.45, 2.75) is 24.5 Å². The van der Waals surface area contributed by atoms with Crippen molar-refractivity contribution in [1.29, 1.82) is 0 Å². The minimum absolute atomic E-state index is 0.122. The zero-order chi connectivity index (χ0) is 22.2. The third-order valence-electron chi connectivity index (χ3n) is 3.28. The number of nitrogen functional groups attached to an aromatic ring is 1. The fourth-order valence-electron chi connectivity index (χ4n) is 2.19. The number of ether oxygens (including phenoxy) is 1. The molecule has 8 N–H and O–H groups in total. The normalized spacial score (nSPS) is 29.3. The summed E-state index contributed by atoms with van der Waals surface area (Å²) in [5.41, 5.74) is 4.39. The van der Waals surface area contributed by atoms with E-state index in [1.807, 2.05) is 0 Å². The summed E-state index contributed by atoms with van der Waals surface area (Å²) in [4.78, 5) is 50.5. The first-order valence-electron chi connectivity index (χ1n) is 7.25. The smallest absolute Gasteiger partial charge is 0.387 e. The Kier molecular flexibility index (Phi) is 7.20. The van der Waals surface area contributed by atoms with Crippen LogP contribution >= 0.6 is 23.5 Å². The van der Waals surface area contributed by atoms with Crippen LogP contribution in [0.15, 0.2) is 17.1 Å². The molecule has 0 amide bonds. The number of rotatable bonds is 8. The van der Waals surface area contributed by atoms with Gasteiger partial charge in [-0.1, -0.05) is 0 Å². The van der Waals surface area contributed by atoms with E-state index in [0.29, 0.717) is 0 Å². The first-order valence-corrected chi connectivity index (χ1v) is 11.8. The van der Waals surface area contributed by atoms with Crippen LogP contribution in [0.5, 0.6) is 0 Å². The topological polar surface area (TPSA) is 270 Å². The van der Waals surface area contributed by atoms with Crippen LogP contribution in [0.2, 0.25) is 0 Å². The summed E-state index contributed by atoms with van der Waals surface area (Å²) in [6.07, 6.45) is -5.38. The molecule has 0 saturated carbocycles. The fraction of sp³-hybridized carbons (Fsp3) is 0.556. The lowest BCUT2D eigenvalue weighted by Crippen LogP contribution is -2.36. The standard InChI is InChI=1S/C9H16N3O14P3/c10-5-1-2-12(9(15)11-5)8-7(14)6(13)4(24-8)3-23-28(19,20)26-29(21,22)25-27(16,17)18/h1-2,4,6-8,13-14H,3H2,(H,19,20)(H,21,22)(H2,10,11,15)(H2,16,17,18)/t4?,6-,7?,8+/m0/s1. The van der Waals surface area contributed by atoms with Gasteiger partial charge in [-0.05, 0) is 6.07 Å². The molecule has 1 saturated heterocycles. The lowest BCUT2D eigenvalue weighted by atomic mass is 10.1. The van der Waals surface area contributed by atoms with Crippen molar-refractivity contribution in [3.05, 3.63) is 22.7 Å². The van der Waals surface area contributed by atoms with Crippen molar-refractivity contribution in [3.8, 4) is 0 Å². The summed E-state index contributed by atoms with van der Waals surface area (Å²) in [5, 5.41) is 20.0. The van der Waals surface area contributed by atoms with E-state index in [4.69, 9.17) is 25.2 Å². The Labute approximate surface area is 160 Å². The number of phosphoric acid groups is 3. The third-order valence-corrected chi connectivity index (χ3v) is 7.08. The maximum Gasteiger partial charge on any atom is 0.490 e. The van der Waals surface area contributed by atoms with E-state index >= 15 is 0 Å². The van der Waals surface area contributed by atoms with Crippen LogP contribution in [-0.4, -0.2) is 64.3 Å². The second kappa shape index (κ2) is 8.61. The van der Waals surface area contributed by atoms with Crippen LogP contribution in [0.25, 0.3) is 0 Å². The number of hydrogen-bond donors (Lipinski definition) is 7.